The maximum atomic E-state index is 13.4. The molecule has 1 N–H and O–H groups in total. The highest BCUT2D eigenvalue weighted by molar-refractivity contribution is 6.30. The molecule has 0 unspecified atom stereocenters. The van der Waals surface area contributed by atoms with Crippen molar-refractivity contribution in [2.24, 2.45) is 0 Å². The Balaban J connectivity index is 1.49. The van der Waals surface area contributed by atoms with Crippen LogP contribution in [0.1, 0.15) is 56.9 Å². The molecule has 0 saturated carbocycles. The fraction of sp³-hybridized carbons (Fsp3) is 0.394. The smallest absolute Gasteiger partial charge is 0.410 e. The van der Waals surface area contributed by atoms with E-state index in [2.05, 4.69) is 0 Å². The summed E-state index contributed by atoms with van der Waals surface area (Å²) in [4.78, 5) is 26.6. The number of fused-ring (bicyclic) bond motifs is 1. The second kappa shape index (κ2) is 13.9. The number of nitrogens with zero attached hydrogens (tertiary/aromatic N) is 1. The van der Waals surface area contributed by atoms with E-state index < -0.39 is 23.8 Å². The first kappa shape index (κ1) is 31.2. The summed E-state index contributed by atoms with van der Waals surface area (Å²) in [6.45, 7) is 7.41. The van der Waals surface area contributed by atoms with Crippen LogP contribution >= 0.6 is 11.6 Å². The number of aliphatic hydroxyl groups is 1. The highest BCUT2D eigenvalue weighted by atomic mass is 35.5. The van der Waals surface area contributed by atoms with Crippen molar-refractivity contribution in [1.29, 1.82) is 0 Å². The minimum atomic E-state index is -0.925. The average molecular weight is 596 g/mol. The Morgan fingerprint density at radius 2 is 1.74 bits per heavy atom. The molecule has 42 heavy (non-hydrogen) atoms. The fourth-order valence-electron chi connectivity index (χ4n) is 4.85. The van der Waals surface area contributed by atoms with Crippen molar-refractivity contribution >= 4 is 23.7 Å². The number of rotatable bonds is 10. The third-order valence-electron chi connectivity index (χ3n) is 6.76. The van der Waals surface area contributed by atoms with Crippen LogP contribution in [-0.2, 0) is 27.1 Å². The number of esters is 1. The van der Waals surface area contributed by atoms with Gasteiger partial charge in [0.25, 0.3) is 0 Å². The summed E-state index contributed by atoms with van der Waals surface area (Å²) < 4.78 is 22.3. The molecule has 8 nitrogen and oxygen atoms in total. The van der Waals surface area contributed by atoms with Crippen LogP contribution in [-0.4, -0.2) is 53.5 Å². The standard InChI is InChI=1S/C33H38ClNO7/c1-5-39-31(37)21-40-27-10-7-11-28(19-27)41-29-15-13-22-12-14-26(17-24(22)18-29)35(32(38)42-33(2,3)4)20-30(36)23-8-6-9-25(34)16-23/h6-11,13,15-16,18-19,26,30,36H,5,12,14,17,20-21H2,1-4H3/t26-,30+/m0/s1. The number of carbonyl (C=O) groups excluding carboxylic acids is 2. The third kappa shape index (κ3) is 8.87. The van der Waals surface area contributed by atoms with Gasteiger partial charge in [-0.2, -0.15) is 0 Å². The van der Waals surface area contributed by atoms with Gasteiger partial charge in [0.15, 0.2) is 6.61 Å². The maximum absolute atomic E-state index is 13.4. The minimum Gasteiger partial charge on any atom is -0.482 e. The first-order valence-electron chi connectivity index (χ1n) is 14.1. The predicted octanol–water partition coefficient (Wildman–Crippen LogP) is 6.90. The quantitative estimate of drug-likeness (QED) is 0.255. The van der Waals surface area contributed by atoms with Crippen molar-refractivity contribution in [2.45, 2.75) is 64.7 Å². The molecule has 1 aliphatic carbocycles. The lowest BCUT2D eigenvalue weighted by Gasteiger charge is -2.37. The van der Waals surface area contributed by atoms with E-state index in [1.165, 1.54) is 5.56 Å². The Hall–Kier alpha value is -3.75. The van der Waals surface area contributed by atoms with Crippen LogP contribution in [0.2, 0.25) is 5.02 Å². The monoisotopic (exact) mass is 595 g/mol. The summed E-state index contributed by atoms with van der Waals surface area (Å²) >= 11 is 6.15. The highest BCUT2D eigenvalue weighted by Crippen LogP contribution is 2.32. The Kier molecular flexibility index (Phi) is 10.4. The maximum Gasteiger partial charge on any atom is 0.410 e. The van der Waals surface area contributed by atoms with Gasteiger partial charge in [-0.15, -0.1) is 0 Å². The van der Waals surface area contributed by atoms with E-state index in [0.717, 1.165) is 18.4 Å². The third-order valence-corrected chi connectivity index (χ3v) is 6.99. The molecule has 0 spiro atoms. The molecule has 0 aromatic heterocycles. The summed E-state index contributed by atoms with van der Waals surface area (Å²) in [5, 5.41) is 11.6. The molecule has 0 radical (unpaired) electrons. The van der Waals surface area contributed by atoms with Gasteiger partial charge in [0.2, 0.25) is 0 Å². The van der Waals surface area contributed by atoms with Crippen molar-refractivity contribution in [3.63, 3.8) is 0 Å². The van der Waals surface area contributed by atoms with Crippen LogP contribution in [0.15, 0.2) is 66.7 Å². The SMILES string of the molecule is CCOC(=O)COc1cccc(Oc2ccc3c(c2)C[C@@H](N(C[C@@H](O)c2cccc(Cl)c2)C(=O)OC(C)(C)C)CC3)c1. The lowest BCUT2D eigenvalue weighted by Crippen LogP contribution is -2.47. The van der Waals surface area contributed by atoms with Gasteiger partial charge >= 0.3 is 12.1 Å². The van der Waals surface area contributed by atoms with E-state index in [-0.39, 0.29) is 19.2 Å². The molecule has 0 heterocycles. The van der Waals surface area contributed by atoms with Crippen LogP contribution < -0.4 is 9.47 Å². The minimum absolute atomic E-state index is 0.0734. The number of hydrogen-bond donors (Lipinski definition) is 1. The molecule has 3 aromatic rings. The number of hydrogen-bond acceptors (Lipinski definition) is 7. The molecule has 2 atom stereocenters. The topological polar surface area (TPSA) is 94.5 Å². The second-order valence-electron chi connectivity index (χ2n) is 11.2. The van der Waals surface area contributed by atoms with E-state index in [4.69, 9.17) is 30.5 Å². The summed E-state index contributed by atoms with van der Waals surface area (Å²) in [5.74, 6) is 1.25. The average Bonchev–Trinajstić information content (AvgIpc) is 2.94. The Labute approximate surface area is 252 Å². The molecule has 0 saturated heterocycles. The molecule has 4 rings (SSSR count). The predicted molar refractivity (Wildman–Crippen MR) is 160 cm³/mol. The Morgan fingerprint density at radius 3 is 2.48 bits per heavy atom. The molecule has 0 bridgehead atoms. The molecule has 0 aliphatic heterocycles. The van der Waals surface area contributed by atoms with Gasteiger partial charge in [-0.1, -0.05) is 35.9 Å². The molecular formula is C33H38ClNO7. The number of aryl methyl sites for hydroxylation is 1. The zero-order chi connectivity index (χ0) is 30.3. The van der Waals surface area contributed by atoms with Gasteiger partial charge in [0.05, 0.1) is 19.3 Å². The number of ether oxygens (including phenoxy) is 4. The fourth-order valence-corrected chi connectivity index (χ4v) is 5.05. The zero-order valence-corrected chi connectivity index (χ0v) is 25.2. The number of aliphatic hydroxyl groups excluding tert-OH is 1. The van der Waals surface area contributed by atoms with Crippen LogP contribution in [0.25, 0.3) is 0 Å². The van der Waals surface area contributed by atoms with Crippen molar-refractivity contribution < 1.29 is 33.6 Å². The first-order chi connectivity index (χ1) is 20.0. The molecule has 0 fully saturated rings. The molecule has 9 heteroatoms. The summed E-state index contributed by atoms with van der Waals surface area (Å²) in [6.07, 6.45) is 0.685. The summed E-state index contributed by atoms with van der Waals surface area (Å²) in [7, 11) is 0. The van der Waals surface area contributed by atoms with Gasteiger partial charge in [-0.3, -0.25) is 0 Å². The molecule has 3 aromatic carbocycles. The number of benzene rings is 3. The summed E-state index contributed by atoms with van der Waals surface area (Å²) in [5.41, 5.74) is 2.20. The molecule has 1 aliphatic rings. The van der Waals surface area contributed by atoms with Crippen LogP contribution in [0.4, 0.5) is 4.79 Å². The number of halogens is 1. The largest absolute Gasteiger partial charge is 0.482 e. The molecule has 1 amide bonds. The van der Waals surface area contributed by atoms with Crippen LogP contribution in [0, 0.1) is 0 Å². The summed E-state index contributed by atoms with van der Waals surface area (Å²) in [6, 6.07) is 19.8. The van der Waals surface area contributed by atoms with Crippen molar-refractivity contribution in [3.8, 4) is 17.2 Å². The molecule has 224 valence electrons. The van der Waals surface area contributed by atoms with Crippen molar-refractivity contribution in [3.05, 3.63) is 88.4 Å². The lowest BCUT2D eigenvalue weighted by atomic mass is 9.87. The lowest BCUT2D eigenvalue weighted by molar-refractivity contribution is -0.145. The van der Waals surface area contributed by atoms with E-state index in [1.54, 1.807) is 60.4 Å². The number of carbonyl (C=O) groups is 2. The van der Waals surface area contributed by atoms with E-state index in [1.807, 2.05) is 39.0 Å². The second-order valence-corrected chi connectivity index (χ2v) is 11.6. The van der Waals surface area contributed by atoms with E-state index in [0.29, 0.717) is 40.9 Å². The van der Waals surface area contributed by atoms with E-state index >= 15 is 0 Å². The normalized spacial score (nSPS) is 15.2. The van der Waals surface area contributed by atoms with Crippen molar-refractivity contribution in [2.75, 3.05) is 19.8 Å². The van der Waals surface area contributed by atoms with Crippen LogP contribution in [0.5, 0.6) is 17.2 Å². The van der Waals surface area contributed by atoms with Gasteiger partial charge < -0.3 is 29.0 Å². The van der Waals surface area contributed by atoms with Gasteiger partial charge in [0, 0.05) is 17.1 Å². The van der Waals surface area contributed by atoms with Gasteiger partial charge in [-0.25, -0.2) is 9.59 Å². The first-order valence-corrected chi connectivity index (χ1v) is 14.5. The Morgan fingerprint density at radius 1 is 1.00 bits per heavy atom. The highest BCUT2D eigenvalue weighted by Gasteiger charge is 2.33. The van der Waals surface area contributed by atoms with E-state index in [9.17, 15) is 14.7 Å². The van der Waals surface area contributed by atoms with Gasteiger partial charge in [-0.05, 0) is 100 Å². The van der Waals surface area contributed by atoms with Gasteiger partial charge in [0.1, 0.15) is 22.8 Å². The number of amides is 1. The van der Waals surface area contributed by atoms with Crippen LogP contribution in [0.3, 0.4) is 0 Å². The van der Waals surface area contributed by atoms with Crippen molar-refractivity contribution in [1.82, 2.24) is 4.90 Å². The Bertz CT molecular complexity index is 1390. The zero-order valence-electron chi connectivity index (χ0n) is 24.5. The molecular weight excluding hydrogens is 558 g/mol.